The highest BCUT2D eigenvalue weighted by atomic mass is 32.1. The van der Waals surface area contributed by atoms with E-state index in [9.17, 15) is 4.39 Å². The molecule has 0 bridgehead atoms. The lowest BCUT2D eigenvalue weighted by atomic mass is 9.96. The SMILES string of the molecule is Cc1ccccc1Oc1ccc(N2C(=S)N[C@@H](c3ccccn3)[C@@H]2c2cc(C)n(-c3cccc(F)c3)c2C)cc1. The molecule has 2 atom stereocenters. The van der Waals surface area contributed by atoms with Crippen LogP contribution in [0.5, 0.6) is 11.5 Å². The molecular formula is C33H29FN4OS. The minimum atomic E-state index is -0.267. The molecular weight excluding hydrogens is 519 g/mol. The van der Waals surface area contributed by atoms with Gasteiger partial charge in [0.25, 0.3) is 0 Å². The number of anilines is 1. The number of aromatic nitrogens is 2. The van der Waals surface area contributed by atoms with Gasteiger partial charge in [-0.05, 0) is 111 Å². The van der Waals surface area contributed by atoms with E-state index in [-0.39, 0.29) is 17.9 Å². The second kappa shape index (κ2) is 10.6. The average molecular weight is 549 g/mol. The number of thiocarbonyl (C=S) groups is 1. The van der Waals surface area contributed by atoms with Crippen LogP contribution in [0.2, 0.25) is 0 Å². The number of halogens is 1. The fraction of sp³-hybridized carbons (Fsp3) is 0.152. The van der Waals surface area contributed by atoms with Crippen LogP contribution in [0.4, 0.5) is 10.1 Å². The molecule has 2 aromatic heterocycles. The zero-order chi connectivity index (χ0) is 27.8. The fourth-order valence-corrected chi connectivity index (χ4v) is 5.87. The predicted octanol–water partition coefficient (Wildman–Crippen LogP) is 7.91. The van der Waals surface area contributed by atoms with Crippen molar-refractivity contribution in [2.45, 2.75) is 32.9 Å². The summed E-state index contributed by atoms with van der Waals surface area (Å²) in [5.41, 5.74) is 6.81. The van der Waals surface area contributed by atoms with Crippen molar-refractivity contribution in [1.82, 2.24) is 14.9 Å². The Balaban J connectivity index is 1.42. The standard InChI is InChI=1S/C33H29FN4OS/c1-21-9-4-5-13-30(21)39-27-16-14-25(15-17-27)38-32(31(36-33(38)40)29-12-6-7-18-35-29)28-19-22(2)37(23(28)3)26-11-8-10-24(34)20-26/h4-20,31-32H,1-3H3,(H,36,40)/t31-,32-/m0/s1. The number of hydrogen-bond acceptors (Lipinski definition) is 3. The summed E-state index contributed by atoms with van der Waals surface area (Å²) >= 11 is 5.92. The van der Waals surface area contributed by atoms with Crippen LogP contribution in [-0.2, 0) is 0 Å². The summed E-state index contributed by atoms with van der Waals surface area (Å²) < 4.78 is 22.4. The maximum Gasteiger partial charge on any atom is 0.174 e. The topological polar surface area (TPSA) is 42.3 Å². The Kier molecular flexibility index (Phi) is 6.82. The van der Waals surface area contributed by atoms with E-state index in [1.165, 1.54) is 6.07 Å². The summed E-state index contributed by atoms with van der Waals surface area (Å²) in [7, 11) is 0. The molecule has 5 aromatic rings. The van der Waals surface area contributed by atoms with Crippen LogP contribution in [0.15, 0.2) is 103 Å². The van der Waals surface area contributed by atoms with Gasteiger partial charge in [0.1, 0.15) is 17.3 Å². The van der Waals surface area contributed by atoms with Crippen LogP contribution in [0.25, 0.3) is 5.69 Å². The number of ether oxygens (including phenoxy) is 1. The number of aryl methyl sites for hydroxylation is 2. The lowest BCUT2D eigenvalue weighted by Crippen LogP contribution is -2.29. The van der Waals surface area contributed by atoms with Gasteiger partial charge < -0.3 is 19.5 Å². The first-order valence-corrected chi connectivity index (χ1v) is 13.6. The molecule has 5 nitrogen and oxygen atoms in total. The van der Waals surface area contributed by atoms with Gasteiger partial charge in [0.15, 0.2) is 5.11 Å². The molecule has 0 unspecified atom stereocenters. The van der Waals surface area contributed by atoms with E-state index in [1.54, 1.807) is 18.3 Å². The summed E-state index contributed by atoms with van der Waals surface area (Å²) in [6.07, 6.45) is 1.80. The second-order valence-corrected chi connectivity index (χ2v) is 10.4. The third kappa shape index (κ3) is 4.73. The molecule has 3 heterocycles. The molecule has 200 valence electrons. The van der Waals surface area contributed by atoms with E-state index < -0.39 is 0 Å². The van der Waals surface area contributed by atoms with Crippen LogP contribution >= 0.6 is 12.2 Å². The van der Waals surface area contributed by atoms with Gasteiger partial charge in [0, 0.05) is 29.0 Å². The first kappa shape index (κ1) is 25.8. The van der Waals surface area contributed by atoms with Gasteiger partial charge in [0.2, 0.25) is 0 Å². The quantitative estimate of drug-likeness (QED) is 0.219. The van der Waals surface area contributed by atoms with E-state index >= 15 is 0 Å². The number of hydrogen-bond donors (Lipinski definition) is 1. The van der Waals surface area contributed by atoms with Crippen LogP contribution in [0.3, 0.4) is 0 Å². The molecule has 0 radical (unpaired) electrons. The molecule has 0 spiro atoms. The summed E-state index contributed by atoms with van der Waals surface area (Å²) in [5.74, 6) is 1.31. The molecule has 1 aliphatic heterocycles. The molecule has 1 fully saturated rings. The van der Waals surface area contributed by atoms with Crippen molar-refractivity contribution >= 4 is 23.0 Å². The highest BCUT2D eigenvalue weighted by Crippen LogP contribution is 2.44. The summed E-state index contributed by atoms with van der Waals surface area (Å²) in [6.45, 7) is 6.14. The normalized spacial score (nSPS) is 16.7. The van der Waals surface area contributed by atoms with Crippen molar-refractivity contribution < 1.29 is 9.13 Å². The molecule has 1 N–H and O–H groups in total. The first-order chi connectivity index (χ1) is 19.4. The largest absolute Gasteiger partial charge is 0.457 e. The zero-order valence-corrected chi connectivity index (χ0v) is 23.3. The van der Waals surface area contributed by atoms with Crippen LogP contribution in [0, 0.1) is 26.6 Å². The monoisotopic (exact) mass is 548 g/mol. The molecule has 1 aliphatic rings. The Bertz CT molecular complexity index is 1680. The minimum absolute atomic E-state index is 0.181. The highest BCUT2D eigenvalue weighted by molar-refractivity contribution is 7.80. The minimum Gasteiger partial charge on any atom is -0.457 e. The molecule has 40 heavy (non-hydrogen) atoms. The molecule has 6 rings (SSSR count). The summed E-state index contributed by atoms with van der Waals surface area (Å²) in [6, 6.07) is 30.3. The lowest BCUT2D eigenvalue weighted by molar-refractivity contribution is 0.479. The predicted molar refractivity (Wildman–Crippen MR) is 161 cm³/mol. The van der Waals surface area contributed by atoms with E-state index in [1.807, 2.05) is 86.6 Å². The van der Waals surface area contributed by atoms with Crippen LogP contribution < -0.4 is 15.0 Å². The first-order valence-electron chi connectivity index (χ1n) is 13.2. The highest BCUT2D eigenvalue weighted by Gasteiger charge is 2.42. The van der Waals surface area contributed by atoms with Crippen molar-refractivity contribution in [2.24, 2.45) is 0 Å². The number of nitrogens with one attached hydrogen (secondary N) is 1. The van der Waals surface area contributed by atoms with Gasteiger partial charge in [-0.15, -0.1) is 0 Å². The Morgan fingerprint density at radius 3 is 2.35 bits per heavy atom. The van der Waals surface area contributed by atoms with Crippen molar-refractivity contribution in [3.63, 3.8) is 0 Å². The van der Waals surface area contributed by atoms with E-state index in [0.29, 0.717) is 5.11 Å². The molecule has 0 amide bonds. The smallest absolute Gasteiger partial charge is 0.174 e. The van der Waals surface area contributed by atoms with Crippen molar-refractivity contribution in [3.05, 3.63) is 137 Å². The average Bonchev–Trinajstić information content (AvgIpc) is 3.45. The maximum absolute atomic E-state index is 14.2. The van der Waals surface area contributed by atoms with E-state index in [2.05, 4.69) is 32.8 Å². The van der Waals surface area contributed by atoms with E-state index in [0.717, 1.165) is 51.1 Å². The van der Waals surface area contributed by atoms with Crippen molar-refractivity contribution in [2.75, 3.05) is 4.90 Å². The Hall–Kier alpha value is -4.49. The summed E-state index contributed by atoms with van der Waals surface area (Å²) in [5, 5.41) is 4.14. The Morgan fingerprint density at radius 1 is 0.850 bits per heavy atom. The summed E-state index contributed by atoms with van der Waals surface area (Å²) in [4.78, 5) is 6.81. The Morgan fingerprint density at radius 2 is 1.62 bits per heavy atom. The molecule has 0 saturated carbocycles. The fourth-order valence-electron chi connectivity index (χ4n) is 5.52. The maximum atomic E-state index is 14.2. The van der Waals surface area contributed by atoms with Gasteiger partial charge >= 0.3 is 0 Å². The third-order valence-electron chi connectivity index (χ3n) is 7.39. The molecule has 7 heteroatoms. The van der Waals surface area contributed by atoms with Crippen molar-refractivity contribution in [1.29, 1.82) is 0 Å². The van der Waals surface area contributed by atoms with Gasteiger partial charge in [-0.2, -0.15) is 0 Å². The van der Waals surface area contributed by atoms with Gasteiger partial charge in [-0.1, -0.05) is 30.3 Å². The molecule has 1 saturated heterocycles. The number of pyridine rings is 1. The Labute approximate surface area is 238 Å². The van der Waals surface area contributed by atoms with Gasteiger partial charge in [0.05, 0.1) is 17.8 Å². The number of benzene rings is 3. The lowest BCUT2D eigenvalue weighted by Gasteiger charge is -2.28. The molecule has 3 aromatic carbocycles. The zero-order valence-electron chi connectivity index (χ0n) is 22.5. The van der Waals surface area contributed by atoms with Gasteiger partial charge in [-0.25, -0.2) is 4.39 Å². The van der Waals surface area contributed by atoms with Crippen LogP contribution in [0.1, 0.15) is 40.3 Å². The number of para-hydroxylation sites is 1. The van der Waals surface area contributed by atoms with E-state index in [4.69, 9.17) is 17.0 Å². The van der Waals surface area contributed by atoms with Gasteiger partial charge in [-0.3, -0.25) is 4.98 Å². The number of rotatable bonds is 6. The third-order valence-corrected chi connectivity index (χ3v) is 7.70. The van der Waals surface area contributed by atoms with Crippen LogP contribution in [-0.4, -0.2) is 14.7 Å². The second-order valence-electron chi connectivity index (χ2n) is 10.00. The van der Waals surface area contributed by atoms with Crippen molar-refractivity contribution in [3.8, 4) is 17.2 Å². The molecule has 0 aliphatic carbocycles. The number of nitrogens with zero attached hydrogens (tertiary/aromatic N) is 3.